The third-order valence-electron chi connectivity index (χ3n) is 3.22. The predicted octanol–water partition coefficient (Wildman–Crippen LogP) is 0.0483. The van der Waals surface area contributed by atoms with Gasteiger partial charge in [0.1, 0.15) is 5.69 Å². The third-order valence-corrected chi connectivity index (χ3v) is 3.22. The SMILES string of the molecule is CCn1nc(C)c(N)c1C(=O)NC1(CO)CC1. The van der Waals surface area contributed by atoms with Crippen molar-refractivity contribution in [1.29, 1.82) is 0 Å². The lowest BCUT2D eigenvalue weighted by molar-refractivity contribution is 0.0897. The number of amides is 1. The Labute approximate surface area is 99.8 Å². The molecule has 6 heteroatoms. The second-order valence-electron chi connectivity index (χ2n) is 4.56. The lowest BCUT2D eigenvalue weighted by Crippen LogP contribution is -2.40. The zero-order valence-corrected chi connectivity index (χ0v) is 10.2. The van der Waals surface area contributed by atoms with Gasteiger partial charge >= 0.3 is 0 Å². The van der Waals surface area contributed by atoms with E-state index >= 15 is 0 Å². The average molecular weight is 238 g/mol. The van der Waals surface area contributed by atoms with Gasteiger partial charge in [-0.3, -0.25) is 9.48 Å². The van der Waals surface area contributed by atoms with Crippen LogP contribution >= 0.6 is 0 Å². The second kappa shape index (κ2) is 4.03. The Morgan fingerprint density at radius 3 is 2.76 bits per heavy atom. The fourth-order valence-corrected chi connectivity index (χ4v) is 1.84. The number of aryl methyl sites for hydroxylation is 2. The maximum Gasteiger partial charge on any atom is 0.272 e. The fraction of sp³-hybridized carbons (Fsp3) is 0.636. The maximum absolute atomic E-state index is 12.1. The first-order valence-corrected chi connectivity index (χ1v) is 5.79. The first kappa shape index (κ1) is 11.9. The number of anilines is 1. The van der Waals surface area contributed by atoms with Gasteiger partial charge < -0.3 is 16.2 Å². The number of carbonyl (C=O) groups excluding carboxylic acids is 1. The van der Waals surface area contributed by atoms with Crippen LogP contribution in [0.3, 0.4) is 0 Å². The fourth-order valence-electron chi connectivity index (χ4n) is 1.84. The van der Waals surface area contributed by atoms with E-state index in [-0.39, 0.29) is 12.5 Å². The molecule has 4 N–H and O–H groups in total. The summed E-state index contributed by atoms with van der Waals surface area (Å²) in [5, 5.41) is 16.2. The molecule has 6 nitrogen and oxygen atoms in total. The van der Waals surface area contributed by atoms with Gasteiger partial charge in [0, 0.05) is 6.54 Å². The molecule has 0 spiro atoms. The standard InChI is InChI=1S/C11H18N4O2/c1-3-15-9(8(12)7(2)14-15)10(17)13-11(6-16)4-5-11/h16H,3-6,12H2,1-2H3,(H,13,17). The van der Waals surface area contributed by atoms with Crippen molar-refractivity contribution < 1.29 is 9.90 Å². The molecule has 0 saturated heterocycles. The van der Waals surface area contributed by atoms with Crippen LogP contribution in [0, 0.1) is 6.92 Å². The summed E-state index contributed by atoms with van der Waals surface area (Å²) >= 11 is 0. The summed E-state index contributed by atoms with van der Waals surface area (Å²) < 4.78 is 1.59. The lowest BCUT2D eigenvalue weighted by Gasteiger charge is -2.15. The minimum absolute atomic E-state index is 0.0299. The molecule has 0 radical (unpaired) electrons. The van der Waals surface area contributed by atoms with Crippen LogP contribution in [0.15, 0.2) is 0 Å². The van der Waals surface area contributed by atoms with E-state index in [1.165, 1.54) is 0 Å². The molecule has 0 unspecified atom stereocenters. The first-order chi connectivity index (χ1) is 8.03. The predicted molar refractivity (Wildman–Crippen MR) is 63.6 cm³/mol. The van der Waals surface area contributed by atoms with Crippen molar-refractivity contribution in [3.8, 4) is 0 Å². The molecule has 17 heavy (non-hydrogen) atoms. The molecule has 1 heterocycles. The van der Waals surface area contributed by atoms with Crippen LogP contribution in [0.4, 0.5) is 5.69 Å². The molecule has 0 aromatic carbocycles. The van der Waals surface area contributed by atoms with E-state index in [0.717, 1.165) is 12.8 Å². The number of carbonyl (C=O) groups is 1. The Balaban J connectivity index is 2.24. The molecule has 1 aromatic heterocycles. The van der Waals surface area contributed by atoms with Gasteiger partial charge in [-0.05, 0) is 26.7 Å². The highest BCUT2D eigenvalue weighted by Crippen LogP contribution is 2.35. The van der Waals surface area contributed by atoms with Crippen molar-refractivity contribution in [2.24, 2.45) is 0 Å². The zero-order valence-electron chi connectivity index (χ0n) is 10.2. The highest BCUT2D eigenvalue weighted by molar-refractivity contribution is 5.98. The van der Waals surface area contributed by atoms with Crippen LogP contribution < -0.4 is 11.1 Å². The number of aliphatic hydroxyl groups is 1. The smallest absolute Gasteiger partial charge is 0.272 e. The van der Waals surface area contributed by atoms with Crippen molar-refractivity contribution in [3.05, 3.63) is 11.4 Å². The number of hydrogen-bond acceptors (Lipinski definition) is 4. The molecule has 0 atom stereocenters. The molecule has 1 fully saturated rings. The van der Waals surface area contributed by atoms with Gasteiger partial charge in [-0.25, -0.2) is 0 Å². The van der Waals surface area contributed by atoms with Crippen molar-refractivity contribution in [3.63, 3.8) is 0 Å². The first-order valence-electron chi connectivity index (χ1n) is 5.79. The van der Waals surface area contributed by atoms with Crippen LogP contribution in [0.25, 0.3) is 0 Å². The van der Waals surface area contributed by atoms with E-state index in [2.05, 4.69) is 10.4 Å². The van der Waals surface area contributed by atoms with Gasteiger partial charge in [0.05, 0.1) is 23.5 Å². The molecular formula is C11H18N4O2. The quantitative estimate of drug-likeness (QED) is 0.691. The number of aromatic nitrogens is 2. The molecule has 0 bridgehead atoms. The van der Waals surface area contributed by atoms with Crippen LogP contribution in [-0.4, -0.2) is 32.9 Å². The van der Waals surface area contributed by atoms with E-state index in [4.69, 9.17) is 5.73 Å². The average Bonchev–Trinajstić information content (AvgIpc) is 3.01. The summed E-state index contributed by atoms with van der Waals surface area (Å²) in [6.07, 6.45) is 1.63. The van der Waals surface area contributed by atoms with Crippen LogP contribution in [0.1, 0.15) is 35.9 Å². The van der Waals surface area contributed by atoms with Crippen LogP contribution in [0.5, 0.6) is 0 Å². The van der Waals surface area contributed by atoms with E-state index < -0.39 is 5.54 Å². The number of nitrogens with one attached hydrogen (secondary N) is 1. The third kappa shape index (κ3) is 2.00. The van der Waals surface area contributed by atoms with E-state index in [0.29, 0.717) is 23.6 Å². The molecule has 94 valence electrons. The maximum atomic E-state index is 12.1. The van der Waals surface area contributed by atoms with Crippen molar-refractivity contribution in [2.45, 2.75) is 38.8 Å². The summed E-state index contributed by atoms with van der Waals surface area (Å²) in [6.45, 7) is 4.24. The number of aliphatic hydroxyl groups excluding tert-OH is 1. The molecule has 1 amide bonds. The molecular weight excluding hydrogens is 220 g/mol. The van der Waals surface area contributed by atoms with E-state index in [1.54, 1.807) is 11.6 Å². The van der Waals surface area contributed by atoms with E-state index in [9.17, 15) is 9.90 Å². The highest BCUT2D eigenvalue weighted by Gasteiger charge is 2.44. The topological polar surface area (TPSA) is 93.2 Å². The van der Waals surface area contributed by atoms with Crippen molar-refractivity contribution in [2.75, 3.05) is 12.3 Å². The molecule has 1 saturated carbocycles. The monoisotopic (exact) mass is 238 g/mol. The number of rotatable bonds is 4. The number of nitrogens with zero attached hydrogens (tertiary/aromatic N) is 2. The minimum atomic E-state index is -0.430. The Kier molecular flexibility index (Phi) is 2.82. The van der Waals surface area contributed by atoms with Crippen molar-refractivity contribution >= 4 is 11.6 Å². The molecule has 1 aliphatic rings. The summed E-state index contributed by atoms with van der Waals surface area (Å²) in [4.78, 5) is 12.1. The summed E-state index contributed by atoms with van der Waals surface area (Å²) in [5.74, 6) is -0.253. The van der Waals surface area contributed by atoms with Gasteiger partial charge in [0.25, 0.3) is 5.91 Å². The van der Waals surface area contributed by atoms with Crippen LogP contribution in [-0.2, 0) is 6.54 Å². The van der Waals surface area contributed by atoms with Gasteiger partial charge in [0.15, 0.2) is 0 Å². The Morgan fingerprint density at radius 1 is 1.65 bits per heavy atom. The molecule has 2 rings (SSSR count). The lowest BCUT2D eigenvalue weighted by atomic mass is 10.2. The van der Waals surface area contributed by atoms with Crippen LogP contribution in [0.2, 0.25) is 0 Å². The Hall–Kier alpha value is -1.56. The Bertz CT molecular complexity index is 449. The number of hydrogen-bond donors (Lipinski definition) is 3. The summed E-state index contributed by atoms with van der Waals surface area (Å²) in [7, 11) is 0. The zero-order chi connectivity index (χ0) is 12.6. The summed E-state index contributed by atoms with van der Waals surface area (Å²) in [6, 6.07) is 0. The van der Waals surface area contributed by atoms with Gasteiger partial charge in [-0.15, -0.1) is 0 Å². The van der Waals surface area contributed by atoms with E-state index in [1.807, 2.05) is 6.92 Å². The summed E-state index contributed by atoms with van der Waals surface area (Å²) in [5.41, 5.74) is 6.89. The largest absolute Gasteiger partial charge is 0.395 e. The van der Waals surface area contributed by atoms with Gasteiger partial charge in [-0.1, -0.05) is 0 Å². The number of nitrogen functional groups attached to an aromatic ring is 1. The highest BCUT2D eigenvalue weighted by atomic mass is 16.3. The molecule has 1 aliphatic carbocycles. The van der Waals surface area contributed by atoms with Crippen molar-refractivity contribution in [1.82, 2.24) is 15.1 Å². The van der Waals surface area contributed by atoms with Gasteiger partial charge in [0.2, 0.25) is 0 Å². The van der Waals surface area contributed by atoms with Gasteiger partial charge in [-0.2, -0.15) is 5.10 Å². The molecule has 0 aliphatic heterocycles. The number of nitrogens with two attached hydrogens (primary N) is 1. The normalized spacial score (nSPS) is 16.9. The molecule has 1 aromatic rings. The minimum Gasteiger partial charge on any atom is -0.395 e. The Morgan fingerprint density at radius 2 is 2.29 bits per heavy atom. The second-order valence-corrected chi connectivity index (χ2v) is 4.56.